The summed E-state index contributed by atoms with van der Waals surface area (Å²) >= 11 is 0. The molecule has 0 aromatic heterocycles. The highest BCUT2D eigenvalue weighted by atomic mass is 16.1. The number of allylic oxidation sites excluding steroid dienone is 4. The van der Waals surface area contributed by atoms with Crippen LogP contribution < -0.4 is 5.32 Å². The Labute approximate surface area is 74.4 Å². The first-order valence-corrected chi connectivity index (χ1v) is 4.10. The molecule has 1 amide bonds. The molecule has 0 atom stereocenters. The third kappa shape index (κ3) is 7.06. The van der Waals surface area contributed by atoms with Crippen LogP contribution in [0.2, 0.25) is 0 Å². The highest BCUT2D eigenvalue weighted by molar-refractivity contribution is 5.74. The molecule has 0 saturated heterocycles. The lowest BCUT2D eigenvalue weighted by Gasteiger charge is -1.99. The molecule has 0 heterocycles. The van der Waals surface area contributed by atoms with Crippen molar-refractivity contribution in [2.75, 3.05) is 0 Å². The third-order valence-electron chi connectivity index (χ3n) is 1.32. The maximum atomic E-state index is 10.6. The zero-order valence-electron chi connectivity index (χ0n) is 8.27. The molecule has 0 bridgehead atoms. The van der Waals surface area contributed by atoms with Gasteiger partial charge in [-0.05, 0) is 27.2 Å². The van der Waals surface area contributed by atoms with E-state index in [9.17, 15) is 4.79 Å². The Morgan fingerprint density at radius 2 is 1.75 bits per heavy atom. The average molecular weight is 167 g/mol. The van der Waals surface area contributed by atoms with Gasteiger partial charge in [0.1, 0.15) is 0 Å². The first-order valence-electron chi connectivity index (χ1n) is 4.10. The normalized spacial score (nSPS) is 10.8. The van der Waals surface area contributed by atoms with E-state index in [1.807, 2.05) is 13.0 Å². The van der Waals surface area contributed by atoms with Crippen LogP contribution in [0.25, 0.3) is 0 Å². The number of hydrogen-bond acceptors (Lipinski definition) is 1. The van der Waals surface area contributed by atoms with Crippen LogP contribution in [0, 0.1) is 0 Å². The highest BCUT2D eigenvalue weighted by Gasteiger charge is 1.89. The maximum Gasteiger partial charge on any atom is 0.220 e. The van der Waals surface area contributed by atoms with Gasteiger partial charge in [0.05, 0.1) is 0 Å². The molecule has 0 unspecified atom stereocenters. The van der Waals surface area contributed by atoms with Gasteiger partial charge in [-0.3, -0.25) is 4.79 Å². The predicted molar refractivity (Wildman–Crippen MR) is 51.6 cm³/mol. The second-order valence-electron chi connectivity index (χ2n) is 3.09. The molecule has 0 radical (unpaired) electrons. The minimum Gasteiger partial charge on any atom is -0.331 e. The van der Waals surface area contributed by atoms with Gasteiger partial charge >= 0.3 is 0 Å². The Hall–Kier alpha value is -1.05. The molecule has 0 spiro atoms. The van der Waals surface area contributed by atoms with E-state index in [4.69, 9.17) is 0 Å². The lowest BCUT2D eigenvalue weighted by atomic mass is 10.2. The van der Waals surface area contributed by atoms with Gasteiger partial charge in [0.15, 0.2) is 0 Å². The number of nitrogens with one attached hydrogen (secondary N) is 1. The average Bonchev–Trinajstić information content (AvgIpc) is 1.84. The van der Waals surface area contributed by atoms with Crippen molar-refractivity contribution in [3.05, 3.63) is 23.4 Å². The molecule has 2 heteroatoms. The van der Waals surface area contributed by atoms with Gasteiger partial charge in [0.2, 0.25) is 5.91 Å². The molecular weight excluding hydrogens is 150 g/mol. The smallest absolute Gasteiger partial charge is 0.220 e. The van der Waals surface area contributed by atoms with Crippen LogP contribution in [0.3, 0.4) is 0 Å². The van der Waals surface area contributed by atoms with Gasteiger partial charge in [-0.15, -0.1) is 0 Å². The lowest BCUT2D eigenvalue weighted by Crippen LogP contribution is -2.16. The van der Waals surface area contributed by atoms with Gasteiger partial charge in [-0.2, -0.15) is 0 Å². The van der Waals surface area contributed by atoms with Gasteiger partial charge in [-0.25, -0.2) is 0 Å². The summed E-state index contributed by atoms with van der Waals surface area (Å²) in [5, 5.41) is 2.71. The number of carbonyl (C=O) groups is 1. The van der Waals surface area contributed by atoms with Crippen LogP contribution in [0.1, 0.15) is 34.1 Å². The topological polar surface area (TPSA) is 29.1 Å². The Kier molecular flexibility index (Phi) is 5.09. The summed E-state index contributed by atoms with van der Waals surface area (Å²) in [7, 11) is 0. The Morgan fingerprint density at radius 1 is 1.17 bits per heavy atom. The van der Waals surface area contributed by atoms with E-state index in [2.05, 4.69) is 25.2 Å². The standard InChI is InChI=1S/C10H17NO/c1-8(2)6-5-7-9(3)11-10(4)12/h6-7H,5H2,1-4H3,(H,11,12)/b9-7+. The van der Waals surface area contributed by atoms with E-state index in [1.165, 1.54) is 12.5 Å². The van der Waals surface area contributed by atoms with Crippen LogP contribution in [-0.2, 0) is 4.79 Å². The Balaban J connectivity index is 3.85. The summed E-state index contributed by atoms with van der Waals surface area (Å²) in [5.41, 5.74) is 2.21. The van der Waals surface area contributed by atoms with Crippen LogP contribution in [-0.4, -0.2) is 5.91 Å². The summed E-state index contributed by atoms with van der Waals surface area (Å²) in [6.45, 7) is 7.52. The lowest BCUT2D eigenvalue weighted by molar-refractivity contribution is -0.118. The highest BCUT2D eigenvalue weighted by Crippen LogP contribution is 1.96. The Bertz CT molecular complexity index is 210. The number of amides is 1. The van der Waals surface area contributed by atoms with Gasteiger partial charge < -0.3 is 5.32 Å². The molecule has 0 aromatic rings. The number of carbonyl (C=O) groups excluding carboxylic acids is 1. The zero-order valence-corrected chi connectivity index (χ0v) is 8.27. The van der Waals surface area contributed by atoms with E-state index in [-0.39, 0.29) is 5.91 Å². The molecule has 0 rings (SSSR count). The van der Waals surface area contributed by atoms with Crippen LogP contribution >= 0.6 is 0 Å². The predicted octanol–water partition coefficient (Wildman–Crippen LogP) is 2.38. The molecular formula is C10H17NO. The second kappa shape index (κ2) is 5.58. The molecule has 68 valence electrons. The van der Waals surface area contributed by atoms with Gasteiger partial charge in [0, 0.05) is 12.6 Å². The molecule has 2 nitrogen and oxygen atoms in total. The summed E-state index contributed by atoms with van der Waals surface area (Å²) in [4.78, 5) is 10.6. The summed E-state index contributed by atoms with van der Waals surface area (Å²) in [6.07, 6.45) is 4.99. The molecule has 0 fully saturated rings. The molecule has 1 N–H and O–H groups in total. The SMILES string of the molecule is CC(=O)N/C(C)=C/CC=C(C)C. The van der Waals surface area contributed by atoms with E-state index in [1.54, 1.807) is 0 Å². The fourth-order valence-corrected chi connectivity index (χ4v) is 0.800. The van der Waals surface area contributed by atoms with E-state index >= 15 is 0 Å². The Morgan fingerprint density at radius 3 is 2.17 bits per heavy atom. The first-order chi connectivity index (χ1) is 5.52. The number of rotatable bonds is 3. The van der Waals surface area contributed by atoms with Crippen molar-refractivity contribution in [1.29, 1.82) is 0 Å². The van der Waals surface area contributed by atoms with Crippen molar-refractivity contribution in [3.8, 4) is 0 Å². The minimum absolute atomic E-state index is 0.0130. The maximum absolute atomic E-state index is 10.6. The fourth-order valence-electron chi connectivity index (χ4n) is 0.800. The van der Waals surface area contributed by atoms with E-state index in [0.29, 0.717) is 0 Å². The molecule has 0 aromatic carbocycles. The molecule has 0 aliphatic heterocycles. The zero-order chi connectivity index (χ0) is 9.56. The molecule has 0 aliphatic rings. The van der Waals surface area contributed by atoms with E-state index < -0.39 is 0 Å². The fraction of sp³-hybridized carbons (Fsp3) is 0.500. The summed E-state index contributed by atoms with van der Waals surface area (Å²) in [5.74, 6) is -0.0130. The first kappa shape index (κ1) is 11.0. The van der Waals surface area contributed by atoms with Crippen molar-refractivity contribution in [1.82, 2.24) is 5.32 Å². The van der Waals surface area contributed by atoms with Crippen molar-refractivity contribution >= 4 is 5.91 Å². The molecule has 0 aliphatic carbocycles. The number of hydrogen-bond donors (Lipinski definition) is 1. The van der Waals surface area contributed by atoms with Crippen molar-refractivity contribution in [3.63, 3.8) is 0 Å². The monoisotopic (exact) mass is 167 g/mol. The van der Waals surface area contributed by atoms with Gasteiger partial charge in [-0.1, -0.05) is 17.7 Å². The summed E-state index contributed by atoms with van der Waals surface area (Å²) < 4.78 is 0. The van der Waals surface area contributed by atoms with Crippen molar-refractivity contribution in [2.45, 2.75) is 34.1 Å². The van der Waals surface area contributed by atoms with Crippen LogP contribution in [0.15, 0.2) is 23.4 Å². The largest absolute Gasteiger partial charge is 0.331 e. The minimum atomic E-state index is -0.0130. The van der Waals surface area contributed by atoms with E-state index in [0.717, 1.165) is 12.1 Å². The van der Waals surface area contributed by atoms with Gasteiger partial charge in [0.25, 0.3) is 0 Å². The van der Waals surface area contributed by atoms with Crippen LogP contribution in [0.4, 0.5) is 0 Å². The quantitative estimate of drug-likeness (QED) is 0.642. The third-order valence-corrected chi connectivity index (χ3v) is 1.32. The second-order valence-corrected chi connectivity index (χ2v) is 3.09. The molecule has 12 heavy (non-hydrogen) atoms. The summed E-state index contributed by atoms with van der Waals surface area (Å²) in [6, 6.07) is 0. The molecule has 0 saturated carbocycles. The van der Waals surface area contributed by atoms with Crippen molar-refractivity contribution in [2.24, 2.45) is 0 Å². The van der Waals surface area contributed by atoms with Crippen molar-refractivity contribution < 1.29 is 4.79 Å². The van der Waals surface area contributed by atoms with Crippen LogP contribution in [0.5, 0.6) is 0 Å².